The van der Waals surface area contributed by atoms with Gasteiger partial charge >= 0.3 is 7.60 Å². The minimum atomic E-state index is -3.01. The SMILES string of the molecule is CCOP(=O)(CCC#[N+][O-])OCC. The van der Waals surface area contributed by atoms with Crippen molar-refractivity contribution in [2.24, 2.45) is 0 Å². The highest BCUT2D eigenvalue weighted by atomic mass is 31.2. The second-order valence-electron chi connectivity index (χ2n) is 2.17. The zero-order valence-corrected chi connectivity index (χ0v) is 8.75. The molecule has 0 aliphatic carbocycles. The van der Waals surface area contributed by atoms with Crippen molar-refractivity contribution in [3.8, 4) is 6.07 Å². The fraction of sp³-hybridized carbons (Fsp3) is 0.857. The molecule has 0 heterocycles. The lowest BCUT2D eigenvalue weighted by Crippen LogP contribution is -1.99. The highest BCUT2D eigenvalue weighted by molar-refractivity contribution is 7.53. The number of nitrogens with zero attached hydrogens (tertiary/aromatic N) is 1. The van der Waals surface area contributed by atoms with Gasteiger partial charge in [0.05, 0.1) is 25.8 Å². The molecule has 0 bridgehead atoms. The molecule has 5 nitrogen and oxygen atoms in total. The Balaban J connectivity index is 4.04. The van der Waals surface area contributed by atoms with Gasteiger partial charge < -0.3 is 14.3 Å². The first kappa shape index (κ1) is 12.4. The highest BCUT2D eigenvalue weighted by Crippen LogP contribution is 2.48. The van der Waals surface area contributed by atoms with Crippen molar-refractivity contribution in [1.82, 2.24) is 0 Å². The predicted molar refractivity (Wildman–Crippen MR) is 51.0 cm³/mol. The summed E-state index contributed by atoms with van der Waals surface area (Å²) in [6.45, 7) is 4.12. The van der Waals surface area contributed by atoms with Crippen LogP contribution in [0, 0.1) is 11.3 Å². The first-order valence-electron chi connectivity index (χ1n) is 4.12. The molecule has 0 saturated carbocycles. The van der Waals surface area contributed by atoms with E-state index in [9.17, 15) is 9.77 Å². The molecule has 0 spiro atoms. The maximum Gasteiger partial charge on any atom is 0.331 e. The first-order valence-corrected chi connectivity index (χ1v) is 5.84. The van der Waals surface area contributed by atoms with Crippen LogP contribution >= 0.6 is 7.60 Å². The molecule has 0 aromatic rings. The quantitative estimate of drug-likeness (QED) is 0.495. The lowest BCUT2D eigenvalue weighted by Gasteiger charge is -2.14. The van der Waals surface area contributed by atoms with Crippen LogP contribution in [-0.2, 0) is 13.6 Å². The van der Waals surface area contributed by atoms with Gasteiger partial charge in [-0.25, -0.2) is 0 Å². The molecule has 0 aliphatic heterocycles. The first-order chi connectivity index (χ1) is 6.18. The van der Waals surface area contributed by atoms with Crippen molar-refractivity contribution < 1.29 is 13.6 Å². The fourth-order valence-corrected chi connectivity index (χ4v) is 2.29. The molecule has 0 aliphatic rings. The lowest BCUT2D eigenvalue weighted by molar-refractivity contribution is 0.220. The van der Waals surface area contributed by atoms with E-state index in [4.69, 9.17) is 9.05 Å². The van der Waals surface area contributed by atoms with E-state index < -0.39 is 7.60 Å². The van der Waals surface area contributed by atoms with Crippen LogP contribution in [0.2, 0.25) is 0 Å². The third kappa shape index (κ3) is 5.64. The van der Waals surface area contributed by atoms with Gasteiger partial charge in [0.1, 0.15) is 0 Å². The van der Waals surface area contributed by atoms with Crippen LogP contribution in [0.5, 0.6) is 0 Å². The van der Waals surface area contributed by atoms with Crippen molar-refractivity contribution >= 4 is 7.60 Å². The molecule has 0 radical (unpaired) electrons. The van der Waals surface area contributed by atoms with E-state index in [-0.39, 0.29) is 12.6 Å². The Bertz CT molecular complexity index is 222. The molecule has 0 aromatic heterocycles. The second-order valence-corrected chi connectivity index (χ2v) is 4.35. The lowest BCUT2D eigenvalue weighted by atomic mass is 10.6. The summed E-state index contributed by atoms with van der Waals surface area (Å²) < 4.78 is 21.6. The highest BCUT2D eigenvalue weighted by Gasteiger charge is 2.23. The minimum absolute atomic E-state index is 0.153. The van der Waals surface area contributed by atoms with Crippen LogP contribution in [0.15, 0.2) is 0 Å². The molecule has 0 fully saturated rings. The van der Waals surface area contributed by atoms with Crippen LogP contribution in [0.3, 0.4) is 0 Å². The Morgan fingerprint density at radius 1 is 1.38 bits per heavy atom. The summed E-state index contributed by atoms with van der Waals surface area (Å²) in [4.78, 5) is 0. The molecule has 0 aromatic carbocycles. The maximum atomic E-state index is 11.7. The van der Waals surface area contributed by atoms with Gasteiger partial charge in [0.15, 0.2) is 0 Å². The second kappa shape index (κ2) is 6.90. The van der Waals surface area contributed by atoms with Crippen molar-refractivity contribution in [2.75, 3.05) is 19.4 Å². The van der Waals surface area contributed by atoms with Crippen molar-refractivity contribution in [2.45, 2.75) is 20.3 Å². The standard InChI is InChI=1S/C7H14NO4P/c1-3-11-13(10,12-4-2)7-5-6-8-9/h3-5,7H2,1-2H3. The topological polar surface area (TPSA) is 63.0 Å². The van der Waals surface area contributed by atoms with Gasteiger partial charge in [-0.2, -0.15) is 0 Å². The van der Waals surface area contributed by atoms with Gasteiger partial charge in [-0.3, -0.25) is 4.57 Å². The number of rotatable bonds is 6. The summed E-state index contributed by atoms with van der Waals surface area (Å²) in [7, 11) is -3.01. The van der Waals surface area contributed by atoms with Crippen LogP contribution in [0.25, 0.3) is 5.01 Å². The number of hydrogen-bond donors (Lipinski definition) is 0. The molecular formula is C7H14NO4P. The van der Waals surface area contributed by atoms with Gasteiger partial charge in [0.25, 0.3) is 6.07 Å². The Morgan fingerprint density at radius 2 is 1.92 bits per heavy atom. The average molecular weight is 207 g/mol. The van der Waals surface area contributed by atoms with Gasteiger partial charge in [-0.1, -0.05) is 0 Å². The maximum absolute atomic E-state index is 11.7. The molecule has 0 atom stereocenters. The van der Waals surface area contributed by atoms with E-state index in [0.29, 0.717) is 13.2 Å². The molecule has 0 rings (SSSR count). The van der Waals surface area contributed by atoms with Crippen LogP contribution in [0.4, 0.5) is 0 Å². The van der Waals surface area contributed by atoms with E-state index in [1.165, 1.54) is 0 Å². The van der Waals surface area contributed by atoms with E-state index in [2.05, 4.69) is 11.1 Å². The summed E-state index contributed by atoms with van der Waals surface area (Å²) in [6.07, 6.45) is 0.348. The molecule has 0 saturated heterocycles. The summed E-state index contributed by atoms with van der Waals surface area (Å²) in [5.41, 5.74) is 0. The van der Waals surface area contributed by atoms with E-state index in [1.54, 1.807) is 13.8 Å². The zero-order valence-electron chi connectivity index (χ0n) is 7.86. The molecule has 13 heavy (non-hydrogen) atoms. The van der Waals surface area contributed by atoms with Crippen LogP contribution < -0.4 is 0 Å². The Kier molecular flexibility index (Phi) is 6.61. The Morgan fingerprint density at radius 3 is 2.31 bits per heavy atom. The smallest absolute Gasteiger partial charge is 0.331 e. The Hall–Kier alpha value is -0.560. The van der Waals surface area contributed by atoms with Crippen LogP contribution in [0.1, 0.15) is 20.3 Å². The molecular weight excluding hydrogens is 193 g/mol. The zero-order chi connectivity index (χ0) is 10.2. The molecule has 0 amide bonds. The van der Waals surface area contributed by atoms with E-state index >= 15 is 0 Å². The number of hydrogen-bond acceptors (Lipinski definition) is 4. The normalized spacial score (nSPS) is 10.6. The van der Waals surface area contributed by atoms with E-state index in [0.717, 1.165) is 0 Å². The van der Waals surface area contributed by atoms with Crippen LogP contribution in [-0.4, -0.2) is 19.4 Å². The van der Waals surface area contributed by atoms with Crippen molar-refractivity contribution in [3.63, 3.8) is 0 Å². The summed E-state index contributed by atoms with van der Waals surface area (Å²) in [6, 6.07) is 2.16. The van der Waals surface area contributed by atoms with Gasteiger partial charge in [-0.15, -0.1) is 0 Å². The summed E-state index contributed by atoms with van der Waals surface area (Å²) in [5.74, 6) is 0. The monoisotopic (exact) mass is 207 g/mol. The third-order valence-electron chi connectivity index (χ3n) is 1.21. The van der Waals surface area contributed by atoms with Gasteiger partial charge in [-0.05, 0) is 13.8 Å². The van der Waals surface area contributed by atoms with Gasteiger partial charge in [0.2, 0.25) is 0 Å². The Labute approximate surface area is 78.0 Å². The minimum Gasteiger partial charge on any atom is -0.498 e. The van der Waals surface area contributed by atoms with Gasteiger partial charge in [0, 0.05) is 5.01 Å². The van der Waals surface area contributed by atoms with Crippen molar-refractivity contribution in [3.05, 3.63) is 10.2 Å². The molecule has 6 heteroatoms. The predicted octanol–water partition coefficient (Wildman–Crippen LogP) is 2.47. The largest absolute Gasteiger partial charge is 0.498 e. The molecule has 0 N–H and O–H groups in total. The summed E-state index contributed by atoms with van der Waals surface area (Å²) in [5, 5.41) is 12.1. The van der Waals surface area contributed by atoms with Crippen molar-refractivity contribution in [1.29, 1.82) is 0 Å². The fourth-order valence-electron chi connectivity index (χ4n) is 0.792. The summed E-state index contributed by atoms with van der Waals surface area (Å²) >= 11 is 0. The molecule has 0 unspecified atom stereocenters. The van der Waals surface area contributed by atoms with E-state index in [1.807, 2.05) is 0 Å². The average Bonchev–Trinajstić information content (AvgIpc) is 2.05. The third-order valence-corrected chi connectivity index (χ3v) is 3.29. The molecule has 76 valence electrons.